The predicted octanol–water partition coefficient (Wildman–Crippen LogP) is 1.96. The number of carbonyl (C=O) groups is 2. The van der Waals surface area contributed by atoms with E-state index in [1.54, 1.807) is 11.3 Å². The van der Waals surface area contributed by atoms with Gasteiger partial charge in [-0.25, -0.2) is 9.78 Å². The zero-order valence-electron chi connectivity index (χ0n) is 10.8. The predicted molar refractivity (Wildman–Crippen MR) is 76.7 cm³/mol. The van der Waals surface area contributed by atoms with E-state index in [-0.39, 0.29) is 12.5 Å². The highest BCUT2D eigenvalue weighted by atomic mass is 32.1. The lowest BCUT2D eigenvalue weighted by Crippen LogP contribution is -2.35. The second-order valence-corrected chi connectivity index (χ2v) is 5.30. The van der Waals surface area contributed by atoms with Gasteiger partial charge < -0.3 is 15.7 Å². The Labute approximate surface area is 119 Å². The van der Waals surface area contributed by atoms with Crippen molar-refractivity contribution in [2.24, 2.45) is 0 Å². The van der Waals surface area contributed by atoms with Crippen molar-refractivity contribution in [3.63, 3.8) is 0 Å². The molecule has 106 valence electrons. The van der Waals surface area contributed by atoms with Gasteiger partial charge in [-0.2, -0.15) is 0 Å². The number of hydrogen-bond donors (Lipinski definition) is 3. The number of nitrogens with zero attached hydrogens (tertiary/aromatic N) is 1. The molecule has 6 nitrogen and oxygen atoms in total. The van der Waals surface area contributed by atoms with Crippen LogP contribution in [0.5, 0.6) is 0 Å². The minimum Gasteiger partial charge on any atom is -0.481 e. The maximum atomic E-state index is 11.5. The number of carboxylic acid groups (broad SMARTS) is 1. The maximum Gasteiger partial charge on any atom is 0.315 e. The number of benzene rings is 1. The molecule has 7 heteroatoms. The molecule has 0 aliphatic rings. The summed E-state index contributed by atoms with van der Waals surface area (Å²) in [6.07, 6.45) is 0.474. The molecule has 0 saturated heterocycles. The van der Waals surface area contributed by atoms with E-state index in [2.05, 4.69) is 15.6 Å². The number of carboxylic acids is 1. The first-order chi connectivity index (χ1) is 9.65. The van der Waals surface area contributed by atoms with Gasteiger partial charge in [-0.3, -0.25) is 4.79 Å². The van der Waals surface area contributed by atoms with Gasteiger partial charge in [-0.1, -0.05) is 12.1 Å². The Bertz CT molecular complexity index is 579. The molecule has 0 spiro atoms. The number of aliphatic carboxylic acids is 1. The van der Waals surface area contributed by atoms with E-state index >= 15 is 0 Å². The third-order valence-corrected chi connectivity index (χ3v) is 3.63. The van der Waals surface area contributed by atoms with Crippen LogP contribution in [0, 0.1) is 0 Å². The van der Waals surface area contributed by atoms with Crippen LogP contribution in [-0.4, -0.2) is 28.6 Å². The third-order valence-electron chi connectivity index (χ3n) is 2.59. The molecular weight excluding hydrogens is 278 g/mol. The number of nitrogens with one attached hydrogen (secondary N) is 2. The molecule has 0 saturated carbocycles. The molecule has 2 rings (SSSR count). The van der Waals surface area contributed by atoms with Gasteiger partial charge in [0, 0.05) is 13.0 Å². The molecule has 3 N–H and O–H groups in total. The fourth-order valence-electron chi connectivity index (χ4n) is 1.66. The molecule has 1 aromatic heterocycles. The zero-order valence-corrected chi connectivity index (χ0v) is 11.6. The monoisotopic (exact) mass is 293 g/mol. The van der Waals surface area contributed by atoms with Gasteiger partial charge in [-0.15, -0.1) is 11.3 Å². The molecule has 0 aliphatic carbocycles. The van der Waals surface area contributed by atoms with Crippen molar-refractivity contribution >= 4 is 33.6 Å². The summed E-state index contributed by atoms with van der Waals surface area (Å²) < 4.78 is 1.09. The highest BCUT2D eigenvalue weighted by Gasteiger charge is 2.05. The normalized spacial score (nSPS) is 10.4. The smallest absolute Gasteiger partial charge is 0.315 e. The first kappa shape index (κ1) is 14.3. The molecule has 0 bridgehead atoms. The molecule has 2 amide bonds. The Hall–Kier alpha value is -2.15. The van der Waals surface area contributed by atoms with Crippen LogP contribution >= 0.6 is 11.3 Å². The van der Waals surface area contributed by atoms with Crippen molar-refractivity contribution in [3.8, 4) is 0 Å². The number of urea groups is 1. The van der Waals surface area contributed by atoms with E-state index in [1.165, 1.54) is 0 Å². The first-order valence-electron chi connectivity index (χ1n) is 6.23. The number of hydrogen-bond acceptors (Lipinski definition) is 4. The summed E-state index contributed by atoms with van der Waals surface area (Å²) in [4.78, 5) is 26.2. The SMILES string of the molecule is O=C(O)CCCNC(=O)NCc1nc2ccccc2s1. The second kappa shape index (κ2) is 6.85. The highest BCUT2D eigenvalue weighted by molar-refractivity contribution is 7.18. The molecule has 0 radical (unpaired) electrons. The largest absolute Gasteiger partial charge is 0.481 e. The third kappa shape index (κ3) is 4.20. The summed E-state index contributed by atoms with van der Waals surface area (Å²) in [6.45, 7) is 0.710. The fraction of sp³-hybridized carbons (Fsp3) is 0.308. The van der Waals surface area contributed by atoms with Crippen molar-refractivity contribution in [1.82, 2.24) is 15.6 Å². The summed E-state index contributed by atoms with van der Waals surface area (Å²) in [7, 11) is 0. The van der Waals surface area contributed by atoms with Gasteiger partial charge >= 0.3 is 12.0 Å². The summed E-state index contributed by atoms with van der Waals surface area (Å²) >= 11 is 1.54. The van der Waals surface area contributed by atoms with Crippen molar-refractivity contribution in [3.05, 3.63) is 29.3 Å². The molecule has 0 unspecified atom stereocenters. The first-order valence-corrected chi connectivity index (χ1v) is 7.05. The van der Waals surface area contributed by atoms with Gasteiger partial charge in [0.1, 0.15) is 5.01 Å². The molecule has 20 heavy (non-hydrogen) atoms. The lowest BCUT2D eigenvalue weighted by Gasteiger charge is -2.05. The van der Waals surface area contributed by atoms with Gasteiger partial charge in [0.05, 0.1) is 16.8 Å². The van der Waals surface area contributed by atoms with Gasteiger partial charge in [0.2, 0.25) is 0 Å². The molecule has 1 aromatic carbocycles. The molecular formula is C13H15N3O3S. The van der Waals surface area contributed by atoms with Crippen LogP contribution in [0.2, 0.25) is 0 Å². The van der Waals surface area contributed by atoms with Gasteiger partial charge in [0.25, 0.3) is 0 Å². The van der Waals surface area contributed by atoms with E-state index in [9.17, 15) is 9.59 Å². The maximum absolute atomic E-state index is 11.5. The average Bonchev–Trinajstić information content (AvgIpc) is 2.84. The highest BCUT2D eigenvalue weighted by Crippen LogP contribution is 2.21. The molecule has 1 heterocycles. The average molecular weight is 293 g/mol. The van der Waals surface area contributed by atoms with Crippen LogP contribution in [0.4, 0.5) is 4.79 Å². The van der Waals surface area contributed by atoms with E-state index in [0.717, 1.165) is 15.2 Å². The van der Waals surface area contributed by atoms with E-state index in [0.29, 0.717) is 19.5 Å². The van der Waals surface area contributed by atoms with Crippen molar-refractivity contribution < 1.29 is 14.7 Å². The van der Waals surface area contributed by atoms with Gasteiger partial charge in [-0.05, 0) is 18.6 Å². The van der Waals surface area contributed by atoms with Crippen LogP contribution in [0.1, 0.15) is 17.8 Å². The molecule has 0 atom stereocenters. The summed E-state index contributed by atoms with van der Waals surface area (Å²) in [5.41, 5.74) is 0.927. The summed E-state index contributed by atoms with van der Waals surface area (Å²) in [5.74, 6) is -0.860. The summed E-state index contributed by atoms with van der Waals surface area (Å²) in [6, 6.07) is 7.49. The number of amides is 2. The van der Waals surface area contributed by atoms with Crippen LogP contribution in [0.25, 0.3) is 10.2 Å². The molecule has 0 fully saturated rings. The number of rotatable bonds is 6. The van der Waals surface area contributed by atoms with Crippen LogP contribution in [-0.2, 0) is 11.3 Å². The Morgan fingerprint density at radius 2 is 2.05 bits per heavy atom. The van der Waals surface area contributed by atoms with E-state index in [4.69, 9.17) is 5.11 Å². The Kier molecular flexibility index (Phi) is 4.89. The quantitative estimate of drug-likeness (QED) is 0.710. The van der Waals surface area contributed by atoms with Crippen molar-refractivity contribution in [2.75, 3.05) is 6.54 Å². The minimum absolute atomic E-state index is 0.0537. The standard InChI is InChI=1S/C13H15N3O3S/c17-12(18)6-3-7-14-13(19)15-8-11-16-9-4-1-2-5-10(9)20-11/h1-2,4-5H,3,6-8H2,(H,17,18)(H2,14,15,19). The fourth-order valence-corrected chi connectivity index (χ4v) is 2.56. The lowest BCUT2D eigenvalue weighted by molar-refractivity contribution is -0.137. The van der Waals surface area contributed by atoms with E-state index in [1.807, 2.05) is 24.3 Å². The van der Waals surface area contributed by atoms with Crippen molar-refractivity contribution in [2.45, 2.75) is 19.4 Å². The molecule has 0 aliphatic heterocycles. The Morgan fingerprint density at radius 1 is 1.25 bits per heavy atom. The number of aromatic nitrogens is 1. The van der Waals surface area contributed by atoms with Crippen LogP contribution in [0.3, 0.4) is 0 Å². The molecule has 2 aromatic rings. The summed E-state index contributed by atoms with van der Waals surface area (Å²) in [5, 5.41) is 14.6. The number of carbonyl (C=O) groups excluding carboxylic acids is 1. The second-order valence-electron chi connectivity index (χ2n) is 4.18. The topological polar surface area (TPSA) is 91.3 Å². The Morgan fingerprint density at radius 3 is 2.80 bits per heavy atom. The number of thiazole rings is 1. The van der Waals surface area contributed by atoms with Crippen LogP contribution < -0.4 is 10.6 Å². The lowest BCUT2D eigenvalue weighted by atomic mass is 10.3. The zero-order chi connectivity index (χ0) is 14.4. The van der Waals surface area contributed by atoms with Crippen LogP contribution in [0.15, 0.2) is 24.3 Å². The van der Waals surface area contributed by atoms with E-state index < -0.39 is 5.97 Å². The van der Waals surface area contributed by atoms with Crippen molar-refractivity contribution in [1.29, 1.82) is 0 Å². The number of para-hydroxylation sites is 1. The Balaban J connectivity index is 1.74. The minimum atomic E-state index is -0.860. The number of fused-ring (bicyclic) bond motifs is 1. The van der Waals surface area contributed by atoms with Gasteiger partial charge in [0.15, 0.2) is 0 Å².